The van der Waals surface area contributed by atoms with Crippen molar-refractivity contribution >= 4 is 6.09 Å². The maximum Gasteiger partial charge on any atom is 0.411 e. The lowest BCUT2D eigenvalue weighted by molar-refractivity contribution is 0.0123. The lowest BCUT2D eigenvalue weighted by Gasteiger charge is -2.36. The first-order valence-electron chi connectivity index (χ1n) is 10.7. The van der Waals surface area contributed by atoms with E-state index >= 15 is 0 Å². The van der Waals surface area contributed by atoms with Crippen LogP contribution in [-0.4, -0.2) is 49.5 Å². The third kappa shape index (κ3) is 3.04. The third-order valence-corrected chi connectivity index (χ3v) is 6.31. The largest absolute Gasteiger partial charge is 0.480 e. The van der Waals surface area contributed by atoms with Crippen molar-refractivity contribution in [2.45, 2.75) is 76.5 Å². The van der Waals surface area contributed by atoms with Crippen LogP contribution in [0.25, 0.3) is 11.3 Å². The van der Waals surface area contributed by atoms with Gasteiger partial charge in [-0.1, -0.05) is 0 Å². The molecule has 8 nitrogen and oxygen atoms in total. The quantitative estimate of drug-likeness (QED) is 0.765. The van der Waals surface area contributed by atoms with Gasteiger partial charge in [0.15, 0.2) is 0 Å². The van der Waals surface area contributed by atoms with Gasteiger partial charge in [-0.2, -0.15) is 5.10 Å². The molecule has 2 atom stereocenters. The summed E-state index contributed by atoms with van der Waals surface area (Å²) in [7, 11) is 3.62. The number of nitrogens with zero attached hydrogens (tertiary/aromatic N) is 5. The summed E-state index contributed by atoms with van der Waals surface area (Å²) in [5.41, 5.74) is 4.51. The van der Waals surface area contributed by atoms with Crippen LogP contribution in [0.4, 0.5) is 4.79 Å². The molecular formula is C22H29N5O3. The highest BCUT2D eigenvalue weighted by Gasteiger charge is 2.48. The molecule has 1 saturated carbocycles. The molecule has 2 aromatic rings. The smallest absolute Gasteiger partial charge is 0.411 e. The van der Waals surface area contributed by atoms with Crippen LogP contribution in [0, 0.1) is 0 Å². The van der Waals surface area contributed by atoms with Crippen LogP contribution in [0.15, 0.2) is 6.33 Å². The van der Waals surface area contributed by atoms with Gasteiger partial charge in [0.25, 0.3) is 0 Å². The molecule has 1 aliphatic carbocycles. The van der Waals surface area contributed by atoms with E-state index in [4.69, 9.17) is 14.6 Å². The normalized spacial score (nSPS) is 22.8. The molecule has 1 amide bonds. The number of carbonyl (C=O) groups excluding carboxylic acids is 1. The minimum Gasteiger partial charge on any atom is -0.480 e. The van der Waals surface area contributed by atoms with Gasteiger partial charge in [-0.05, 0) is 46.5 Å². The molecule has 0 spiro atoms. The van der Waals surface area contributed by atoms with Gasteiger partial charge in [-0.25, -0.2) is 14.8 Å². The number of amides is 1. The predicted molar refractivity (Wildman–Crippen MR) is 110 cm³/mol. The zero-order valence-corrected chi connectivity index (χ0v) is 18.3. The maximum atomic E-state index is 13.1. The van der Waals surface area contributed by atoms with E-state index in [1.165, 1.54) is 5.69 Å². The van der Waals surface area contributed by atoms with E-state index in [0.29, 0.717) is 11.8 Å². The summed E-state index contributed by atoms with van der Waals surface area (Å²) in [4.78, 5) is 24.0. The first-order valence-corrected chi connectivity index (χ1v) is 10.7. The van der Waals surface area contributed by atoms with Crippen molar-refractivity contribution in [3.05, 3.63) is 23.3 Å². The molecule has 1 saturated heterocycles. The summed E-state index contributed by atoms with van der Waals surface area (Å²) in [5.74, 6) is 0.980. The Kier molecular flexibility index (Phi) is 4.31. The molecule has 4 heterocycles. The lowest BCUT2D eigenvalue weighted by Crippen LogP contribution is -2.44. The fourth-order valence-corrected chi connectivity index (χ4v) is 4.96. The zero-order valence-electron chi connectivity index (χ0n) is 18.3. The Balaban J connectivity index is 1.63. The number of aromatic nitrogens is 4. The number of carbonyl (C=O) groups is 1. The fourth-order valence-electron chi connectivity index (χ4n) is 4.96. The number of hydrogen-bond donors (Lipinski definition) is 0. The van der Waals surface area contributed by atoms with E-state index in [9.17, 15) is 4.79 Å². The SMILES string of the molecule is COc1ncnc(C2CC2)c1-c1nn(C)c2c1C1CCC(C2)N1C(=O)OC(C)(C)C. The van der Waals surface area contributed by atoms with Gasteiger partial charge in [-0.3, -0.25) is 9.58 Å². The summed E-state index contributed by atoms with van der Waals surface area (Å²) >= 11 is 0. The van der Waals surface area contributed by atoms with Crippen LogP contribution in [0.3, 0.4) is 0 Å². The predicted octanol–water partition coefficient (Wildman–Crippen LogP) is 3.76. The summed E-state index contributed by atoms with van der Waals surface area (Å²) < 4.78 is 13.3. The number of fused-ring (bicyclic) bond motifs is 4. The molecule has 0 radical (unpaired) electrons. The van der Waals surface area contributed by atoms with Crippen LogP contribution >= 0.6 is 0 Å². The topological polar surface area (TPSA) is 82.4 Å². The molecule has 5 rings (SSSR count). The number of ether oxygens (including phenoxy) is 2. The second-order valence-electron chi connectivity index (χ2n) is 9.59. The van der Waals surface area contributed by atoms with Gasteiger partial charge in [0.05, 0.1) is 24.4 Å². The van der Waals surface area contributed by atoms with Crippen molar-refractivity contribution in [2.75, 3.05) is 7.11 Å². The van der Waals surface area contributed by atoms with Gasteiger partial charge in [0, 0.05) is 36.7 Å². The molecule has 30 heavy (non-hydrogen) atoms. The van der Waals surface area contributed by atoms with E-state index in [0.717, 1.165) is 54.6 Å². The first-order chi connectivity index (χ1) is 14.3. The Bertz CT molecular complexity index is 1000. The number of rotatable bonds is 3. The van der Waals surface area contributed by atoms with Crippen molar-refractivity contribution in [3.63, 3.8) is 0 Å². The Hall–Kier alpha value is -2.64. The Morgan fingerprint density at radius 2 is 1.93 bits per heavy atom. The van der Waals surface area contributed by atoms with Crippen LogP contribution in [0.1, 0.15) is 75.4 Å². The number of aryl methyl sites for hydroxylation is 1. The molecule has 2 bridgehead atoms. The average molecular weight is 412 g/mol. The van der Waals surface area contributed by atoms with Crippen LogP contribution in [0.5, 0.6) is 5.88 Å². The number of hydrogen-bond acceptors (Lipinski definition) is 6. The molecule has 0 N–H and O–H groups in total. The third-order valence-electron chi connectivity index (χ3n) is 6.31. The molecule has 2 aromatic heterocycles. The molecule has 0 aromatic carbocycles. The van der Waals surface area contributed by atoms with Crippen molar-refractivity contribution in [1.82, 2.24) is 24.6 Å². The Morgan fingerprint density at radius 3 is 2.60 bits per heavy atom. The maximum absolute atomic E-state index is 13.1. The molecule has 2 fully saturated rings. The van der Waals surface area contributed by atoms with E-state index < -0.39 is 5.60 Å². The van der Waals surface area contributed by atoms with Gasteiger partial charge in [0.2, 0.25) is 5.88 Å². The Morgan fingerprint density at radius 1 is 1.17 bits per heavy atom. The first kappa shape index (κ1) is 19.3. The van der Waals surface area contributed by atoms with Gasteiger partial charge >= 0.3 is 6.09 Å². The van der Waals surface area contributed by atoms with E-state index in [2.05, 4.69) is 9.97 Å². The second kappa shape index (κ2) is 6.68. The number of methoxy groups -OCH3 is 1. The van der Waals surface area contributed by atoms with Crippen LogP contribution in [-0.2, 0) is 18.2 Å². The van der Waals surface area contributed by atoms with Crippen molar-refractivity contribution < 1.29 is 14.3 Å². The minimum atomic E-state index is -0.524. The molecule has 8 heteroatoms. The van der Waals surface area contributed by atoms with Gasteiger partial charge in [-0.15, -0.1) is 0 Å². The van der Waals surface area contributed by atoms with E-state index in [1.807, 2.05) is 37.4 Å². The highest BCUT2D eigenvalue weighted by atomic mass is 16.6. The highest BCUT2D eigenvalue weighted by Crippen LogP contribution is 2.51. The average Bonchev–Trinajstić information content (AvgIpc) is 3.41. The molecule has 3 aliphatic rings. The summed E-state index contributed by atoms with van der Waals surface area (Å²) in [6.45, 7) is 5.73. The lowest BCUT2D eigenvalue weighted by atomic mass is 9.93. The fraction of sp³-hybridized carbons (Fsp3) is 0.636. The highest BCUT2D eigenvalue weighted by molar-refractivity contribution is 5.76. The molecule has 2 unspecified atom stereocenters. The zero-order chi connectivity index (χ0) is 21.2. The van der Waals surface area contributed by atoms with Crippen molar-refractivity contribution in [2.24, 2.45) is 7.05 Å². The molecule has 2 aliphatic heterocycles. The molecular weight excluding hydrogens is 382 g/mol. The van der Waals surface area contributed by atoms with Crippen LogP contribution < -0.4 is 4.74 Å². The monoisotopic (exact) mass is 411 g/mol. The van der Waals surface area contributed by atoms with Gasteiger partial charge < -0.3 is 9.47 Å². The Labute approximate surface area is 176 Å². The summed E-state index contributed by atoms with van der Waals surface area (Å²) in [6, 6.07) is 0.103. The summed E-state index contributed by atoms with van der Waals surface area (Å²) in [5, 5.41) is 4.91. The van der Waals surface area contributed by atoms with Crippen molar-refractivity contribution in [1.29, 1.82) is 0 Å². The second-order valence-corrected chi connectivity index (χ2v) is 9.59. The van der Waals surface area contributed by atoms with Crippen LogP contribution in [0.2, 0.25) is 0 Å². The molecule has 160 valence electrons. The minimum absolute atomic E-state index is 0.0470. The summed E-state index contributed by atoms with van der Waals surface area (Å²) in [6.07, 6.45) is 6.23. The van der Waals surface area contributed by atoms with E-state index in [1.54, 1.807) is 13.4 Å². The van der Waals surface area contributed by atoms with Gasteiger partial charge in [0.1, 0.15) is 17.6 Å². The van der Waals surface area contributed by atoms with Crippen molar-refractivity contribution in [3.8, 4) is 17.1 Å². The van der Waals surface area contributed by atoms with E-state index in [-0.39, 0.29) is 18.2 Å². The standard InChI is InChI=1S/C22H29N5O3/c1-22(2,3)30-21(28)27-13-8-9-14(27)16-15(10-13)26(4)25-19(16)17-18(12-6-7-12)23-11-24-20(17)29-5/h11-14H,6-10H2,1-5H3.